The molecular formula is C41H25N5. The van der Waals surface area contributed by atoms with Gasteiger partial charge in [-0.2, -0.15) is 5.26 Å². The molecule has 2 aromatic heterocycles. The Morgan fingerprint density at radius 2 is 0.913 bits per heavy atom. The van der Waals surface area contributed by atoms with Crippen LogP contribution in [0.2, 0.25) is 0 Å². The predicted octanol–water partition coefficient (Wildman–Crippen LogP) is 9.78. The van der Waals surface area contributed by atoms with E-state index in [1.54, 1.807) is 0 Å². The quantitative estimate of drug-likeness (QED) is 0.200. The molecule has 8 rings (SSSR count). The molecule has 8 aromatic rings. The molecule has 6 aromatic carbocycles. The summed E-state index contributed by atoms with van der Waals surface area (Å²) in [5.74, 6) is 0.685. The van der Waals surface area contributed by atoms with Crippen LogP contribution in [0.25, 0.3) is 78.2 Å². The maximum atomic E-state index is 9.34. The van der Waals surface area contributed by atoms with Gasteiger partial charge in [0.15, 0.2) is 5.82 Å². The van der Waals surface area contributed by atoms with Gasteiger partial charge in [0.2, 0.25) is 0 Å². The highest BCUT2D eigenvalue weighted by atomic mass is 14.9. The van der Waals surface area contributed by atoms with E-state index in [1.807, 2.05) is 97.1 Å². The molecule has 0 amide bonds. The number of benzene rings is 6. The number of fused-ring (bicyclic) bond motifs is 2. The van der Waals surface area contributed by atoms with Gasteiger partial charge in [-0.3, -0.25) is 0 Å². The molecule has 5 nitrogen and oxygen atoms in total. The smallest absolute Gasteiger partial charge is 0.160 e. The number of aromatic nitrogens is 4. The van der Waals surface area contributed by atoms with Gasteiger partial charge in [0.05, 0.1) is 45.4 Å². The summed E-state index contributed by atoms with van der Waals surface area (Å²) in [4.78, 5) is 20.1. The molecule has 0 atom stereocenters. The molecule has 214 valence electrons. The summed E-state index contributed by atoms with van der Waals surface area (Å²) in [6.07, 6.45) is 0. The number of hydrogen-bond donors (Lipinski definition) is 0. The van der Waals surface area contributed by atoms with Crippen LogP contribution in [0.4, 0.5) is 0 Å². The minimum absolute atomic E-state index is 0.604. The van der Waals surface area contributed by atoms with Crippen molar-refractivity contribution in [2.24, 2.45) is 0 Å². The molecule has 0 spiro atoms. The monoisotopic (exact) mass is 587 g/mol. The lowest BCUT2D eigenvalue weighted by molar-refractivity contribution is 1.18. The second-order valence-electron chi connectivity index (χ2n) is 11.1. The van der Waals surface area contributed by atoms with Gasteiger partial charge < -0.3 is 0 Å². The van der Waals surface area contributed by atoms with Crippen LogP contribution in [-0.2, 0) is 0 Å². The van der Waals surface area contributed by atoms with E-state index in [-0.39, 0.29) is 0 Å². The largest absolute Gasteiger partial charge is 0.244 e. The molecule has 0 radical (unpaired) electrons. The molecule has 46 heavy (non-hydrogen) atoms. The molecule has 0 aliphatic carbocycles. The highest BCUT2D eigenvalue weighted by Crippen LogP contribution is 2.35. The van der Waals surface area contributed by atoms with Crippen molar-refractivity contribution in [3.63, 3.8) is 0 Å². The third-order valence-corrected chi connectivity index (χ3v) is 8.10. The molecular weight excluding hydrogens is 562 g/mol. The molecule has 0 bridgehead atoms. The SMILES string of the molecule is N#Cc1ccc(-c2nc3ccccc3nc2-c2ccc3ccc(-c4cc(-c5ccccc5)nc(-c5ccccc5)n4)cc3c2)cc1. The first kappa shape index (κ1) is 27.1. The number of para-hydroxylation sites is 2. The summed E-state index contributed by atoms with van der Waals surface area (Å²) >= 11 is 0. The second kappa shape index (κ2) is 11.5. The average Bonchev–Trinajstić information content (AvgIpc) is 3.14. The summed E-state index contributed by atoms with van der Waals surface area (Å²) in [7, 11) is 0. The average molecular weight is 588 g/mol. The van der Waals surface area contributed by atoms with E-state index in [4.69, 9.17) is 19.9 Å². The van der Waals surface area contributed by atoms with E-state index >= 15 is 0 Å². The van der Waals surface area contributed by atoms with Crippen LogP contribution in [-0.4, -0.2) is 19.9 Å². The van der Waals surface area contributed by atoms with Gasteiger partial charge in [-0.05, 0) is 53.2 Å². The fourth-order valence-electron chi connectivity index (χ4n) is 5.73. The second-order valence-corrected chi connectivity index (χ2v) is 11.1. The predicted molar refractivity (Wildman–Crippen MR) is 185 cm³/mol. The van der Waals surface area contributed by atoms with Gasteiger partial charge in [-0.25, -0.2) is 19.9 Å². The van der Waals surface area contributed by atoms with Crippen LogP contribution in [0.1, 0.15) is 5.56 Å². The Balaban J connectivity index is 1.28. The third kappa shape index (κ3) is 5.15. The van der Waals surface area contributed by atoms with Crippen LogP contribution in [0.5, 0.6) is 0 Å². The van der Waals surface area contributed by atoms with E-state index in [9.17, 15) is 5.26 Å². The summed E-state index contributed by atoms with van der Waals surface area (Å²) in [6.45, 7) is 0. The molecule has 0 aliphatic heterocycles. The van der Waals surface area contributed by atoms with Gasteiger partial charge >= 0.3 is 0 Å². The first-order valence-electron chi connectivity index (χ1n) is 15.0. The van der Waals surface area contributed by atoms with Crippen molar-refractivity contribution in [1.82, 2.24) is 19.9 Å². The Hall–Kier alpha value is -6.51. The topological polar surface area (TPSA) is 75.3 Å². The first-order chi connectivity index (χ1) is 22.7. The third-order valence-electron chi connectivity index (χ3n) is 8.10. The van der Waals surface area contributed by atoms with Crippen molar-refractivity contribution in [3.05, 3.63) is 157 Å². The van der Waals surface area contributed by atoms with Gasteiger partial charge in [0.25, 0.3) is 0 Å². The summed E-state index contributed by atoms with van der Waals surface area (Å²) in [5.41, 5.74) is 10.4. The van der Waals surface area contributed by atoms with Crippen molar-refractivity contribution < 1.29 is 0 Å². The van der Waals surface area contributed by atoms with Crippen LogP contribution in [0, 0.1) is 11.3 Å². The Morgan fingerprint density at radius 3 is 1.57 bits per heavy atom. The normalized spacial score (nSPS) is 11.0. The summed E-state index contributed by atoms with van der Waals surface area (Å²) < 4.78 is 0. The standard InChI is InChI=1S/C41H25N5/c42-26-27-15-17-30(18-16-27)39-40(44-36-14-8-7-13-35(36)43-39)33-22-20-28-19-21-32(23-34(28)24-33)38-25-37(29-9-3-1-4-10-29)45-41(46-38)31-11-5-2-6-12-31/h1-25H. The fraction of sp³-hybridized carbons (Fsp3) is 0. The van der Waals surface area contributed by atoms with E-state index in [1.165, 1.54) is 0 Å². The van der Waals surface area contributed by atoms with E-state index < -0.39 is 0 Å². The Morgan fingerprint density at radius 1 is 0.391 bits per heavy atom. The van der Waals surface area contributed by atoms with Crippen LogP contribution in [0.3, 0.4) is 0 Å². The van der Waals surface area contributed by atoms with E-state index in [0.29, 0.717) is 11.4 Å². The van der Waals surface area contributed by atoms with Crippen molar-refractivity contribution in [3.8, 4) is 62.5 Å². The minimum atomic E-state index is 0.604. The summed E-state index contributed by atoms with van der Waals surface area (Å²) in [5, 5.41) is 11.5. The Kier molecular flexibility index (Phi) is 6.79. The molecule has 0 fully saturated rings. The molecule has 0 N–H and O–H groups in total. The number of hydrogen-bond acceptors (Lipinski definition) is 5. The highest BCUT2D eigenvalue weighted by Gasteiger charge is 2.15. The van der Waals surface area contributed by atoms with Gasteiger partial charge in [-0.1, -0.05) is 109 Å². The van der Waals surface area contributed by atoms with E-state index in [0.717, 1.165) is 72.4 Å². The molecule has 0 aliphatic rings. The number of nitriles is 1. The molecule has 2 heterocycles. The number of nitrogens with zero attached hydrogens (tertiary/aromatic N) is 5. The van der Waals surface area contributed by atoms with E-state index in [2.05, 4.69) is 60.7 Å². The van der Waals surface area contributed by atoms with Gasteiger partial charge in [0, 0.05) is 27.8 Å². The van der Waals surface area contributed by atoms with Crippen molar-refractivity contribution in [2.45, 2.75) is 0 Å². The van der Waals surface area contributed by atoms with Gasteiger partial charge in [-0.15, -0.1) is 0 Å². The summed E-state index contributed by atoms with van der Waals surface area (Å²) in [6, 6.07) is 52.8. The van der Waals surface area contributed by atoms with Crippen molar-refractivity contribution in [1.29, 1.82) is 5.26 Å². The maximum absolute atomic E-state index is 9.34. The number of rotatable bonds is 5. The molecule has 0 saturated heterocycles. The molecule has 0 unspecified atom stereocenters. The van der Waals surface area contributed by atoms with Crippen LogP contribution < -0.4 is 0 Å². The minimum Gasteiger partial charge on any atom is -0.244 e. The molecule has 0 saturated carbocycles. The lowest BCUT2D eigenvalue weighted by Gasteiger charge is -2.12. The Labute approximate surface area is 266 Å². The maximum Gasteiger partial charge on any atom is 0.160 e. The fourth-order valence-corrected chi connectivity index (χ4v) is 5.73. The first-order valence-corrected chi connectivity index (χ1v) is 15.0. The van der Waals surface area contributed by atoms with Gasteiger partial charge in [0.1, 0.15) is 0 Å². The lowest BCUT2D eigenvalue weighted by Crippen LogP contribution is -1.96. The van der Waals surface area contributed by atoms with Crippen LogP contribution in [0.15, 0.2) is 152 Å². The zero-order valence-electron chi connectivity index (χ0n) is 24.7. The lowest BCUT2D eigenvalue weighted by atomic mass is 9.98. The zero-order valence-corrected chi connectivity index (χ0v) is 24.7. The van der Waals surface area contributed by atoms with Crippen LogP contribution >= 0.6 is 0 Å². The highest BCUT2D eigenvalue weighted by molar-refractivity contribution is 5.93. The zero-order chi connectivity index (χ0) is 30.9. The Bertz CT molecular complexity index is 2350. The molecule has 5 heteroatoms. The van der Waals surface area contributed by atoms with Crippen molar-refractivity contribution >= 4 is 21.8 Å². The van der Waals surface area contributed by atoms with Crippen molar-refractivity contribution in [2.75, 3.05) is 0 Å².